The van der Waals surface area contributed by atoms with Crippen LogP contribution in [0.1, 0.15) is 26.7 Å². The highest BCUT2D eigenvalue weighted by Gasteiger charge is 2.23. The van der Waals surface area contributed by atoms with Gasteiger partial charge < -0.3 is 30.4 Å². The number of anilines is 5. The summed E-state index contributed by atoms with van der Waals surface area (Å²) in [5.41, 5.74) is 2.75. The number of ether oxygens (including phenoxy) is 1. The second-order valence-corrected chi connectivity index (χ2v) is 12.1. The molecule has 38 heavy (non-hydrogen) atoms. The third-order valence-electron chi connectivity index (χ3n) is 6.74. The third kappa shape index (κ3) is 5.11. The number of benzene rings is 2. The Hall–Kier alpha value is -3.83. The van der Waals surface area contributed by atoms with Crippen molar-refractivity contribution in [2.45, 2.75) is 42.9 Å². The molecule has 11 heteroatoms. The average Bonchev–Trinajstić information content (AvgIpc) is 3.39. The van der Waals surface area contributed by atoms with Crippen molar-refractivity contribution in [3.63, 3.8) is 0 Å². The molecule has 0 bridgehead atoms. The van der Waals surface area contributed by atoms with Crippen LogP contribution in [0, 0.1) is 0 Å². The van der Waals surface area contributed by atoms with Gasteiger partial charge in [-0.25, -0.2) is 8.42 Å². The number of nitrogens with zero attached hydrogens (tertiary/aromatic N) is 3. The molecule has 200 valence electrons. The smallest absolute Gasteiger partial charge is 0.231 e. The number of hydrogen-bond donors (Lipinski definition) is 4. The van der Waals surface area contributed by atoms with Gasteiger partial charge in [-0.15, -0.1) is 0 Å². The highest BCUT2D eigenvalue weighted by molar-refractivity contribution is 7.92. The molecule has 0 unspecified atom stereocenters. The van der Waals surface area contributed by atoms with Crippen LogP contribution in [-0.2, 0) is 9.84 Å². The molecule has 0 radical (unpaired) electrons. The van der Waals surface area contributed by atoms with E-state index >= 15 is 0 Å². The molecule has 10 nitrogen and oxygen atoms in total. The Morgan fingerprint density at radius 2 is 1.82 bits per heavy atom. The maximum Gasteiger partial charge on any atom is 0.231 e. The summed E-state index contributed by atoms with van der Waals surface area (Å²) in [6, 6.07) is 14.5. The lowest BCUT2D eigenvalue weighted by atomic mass is 10.1. The fourth-order valence-electron chi connectivity index (χ4n) is 4.52. The van der Waals surface area contributed by atoms with Gasteiger partial charge in [0.25, 0.3) is 0 Å². The van der Waals surface area contributed by atoms with Gasteiger partial charge in [-0.3, -0.25) is 0 Å². The number of aliphatic hydroxyl groups is 1. The molecule has 1 aliphatic rings. The fraction of sp³-hybridized carbons (Fsp3) is 0.333. The number of sulfone groups is 1. The highest BCUT2D eigenvalue weighted by Crippen LogP contribution is 2.34. The van der Waals surface area contributed by atoms with E-state index in [0.29, 0.717) is 34.5 Å². The molecule has 4 N–H and O–H groups in total. The molecule has 1 aliphatic heterocycles. The van der Waals surface area contributed by atoms with Crippen LogP contribution in [0.4, 0.5) is 28.8 Å². The summed E-state index contributed by atoms with van der Waals surface area (Å²) in [4.78, 5) is 14.8. The molecule has 0 amide bonds. The summed E-state index contributed by atoms with van der Waals surface area (Å²) in [7, 11) is -1.91. The van der Waals surface area contributed by atoms with Crippen molar-refractivity contribution >= 4 is 49.7 Å². The van der Waals surface area contributed by atoms with Gasteiger partial charge in [-0.2, -0.15) is 9.97 Å². The van der Waals surface area contributed by atoms with Crippen LogP contribution in [0.3, 0.4) is 0 Å². The lowest BCUT2D eigenvalue weighted by Gasteiger charge is -2.31. The molecule has 3 heterocycles. The number of fused-ring (bicyclic) bond motifs is 1. The van der Waals surface area contributed by atoms with Crippen molar-refractivity contribution in [3.05, 3.63) is 54.7 Å². The maximum absolute atomic E-state index is 13.0. The predicted molar refractivity (Wildman–Crippen MR) is 150 cm³/mol. The second-order valence-electron chi connectivity index (χ2n) is 9.58. The zero-order valence-corrected chi connectivity index (χ0v) is 22.4. The molecular formula is C27H32N6O4S. The van der Waals surface area contributed by atoms with E-state index in [-0.39, 0.29) is 11.0 Å². The summed E-state index contributed by atoms with van der Waals surface area (Å²) in [5, 5.41) is 16.5. The Morgan fingerprint density at radius 1 is 1.05 bits per heavy atom. The summed E-state index contributed by atoms with van der Waals surface area (Å²) < 4.78 is 31.6. The normalized spacial score (nSPS) is 14.7. The molecule has 2 aromatic carbocycles. The van der Waals surface area contributed by atoms with Gasteiger partial charge in [0.15, 0.2) is 9.84 Å². The molecule has 0 atom stereocenters. The number of rotatable bonds is 8. The molecule has 1 fully saturated rings. The van der Waals surface area contributed by atoms with Crippen molar-refractivity contribution in [1.29, 1.82) is 0 Å². The quantitative estimate of drug-likeness (QED) is 0.255. The molecule has 5 rings (SSSR count). The van der Waals surface area contributed by atoms with Gasteiger partial charge in [0.1, 0.15) is 17.2 Å². The maximum atomic E-state index is 13.0. The van der Waals surface area contributed by atoms with Crippen LogP contribution >= 0.6 is 0 Å². The van der Waals surface area contributed by atoms with E-state index in [2.05, 4.69) is 30.5 Å². The number of para-hydroxylation sites is 1. The van der Waals surface area contributed by atoms with E-state index in [1.54, 1.807) is 51.4 Å². The zero-order chi connectivity index (χ0) is 26.9. The van der Waals surface area contributed by atoms with E-state index in [9.17, 15) is 13.5 Å². The number of aliphatic hydroxyl groups excluding tert-OH is 1. The van der Waals surface area contributed by atoms with Gasteiger partial charge in [-0.05, 0) is 57.0 Å². The number of aromatic amines is 1. The van der Waals surface area contributed by atoms with Crippen molar-refractivity contribution in [2.75, 3.05) is 35.7 Å². The Morgan fingerprint density at radius 3 is 2.55 bits per heavy atom. The van der Waals surface area contributed by atoms with Crippen molar-refractivity contribution < 1.29 is 18.3 Å². The molecule has 0 aliphatic carbocycles. The summed E-state index contributed by atoms with van der Waals surface area (Å²) in [6.07, 6.45) is 3.00. The van der Waals surface area contributed by atoms with Crippen LogP contribution in [0.2, 0.25) is 0 Å². The Bertz CT molecular complexity index is 1540. The summed E-state index contributed by atoms with van der Waals surface area (Å²) >= 11 is 0. The molecule has 2 aromatic heterocycles. The Kier molecular flexibility index (Phi) is 7.13. The number of H-pyrrole nitrogens is 1. The first-order chi connectivity index (χ1) is 18.3. The third-order valence-corrected chi connectivity index (χ3v) is 8.95. The van der Waals surface area contributed by atoms with E-state index in [1.807, 2.05) is 24.3 Å². The molecule has 1 saturated heterocycles. The number of methoxy groups -OCH3 is 1. The van der Waals surface area contributed by atoms with Crippen LogP contribution in [0.25, 0.3) is 11.0 Å². The Balaban J connectivity index is 1.46. The van der Waals surface area contributed by atoms with Gasteiger partial charge in [0, 0.05) is 31.0 Å². The Labute approximate surface area is 222 Å². The lowest BCUT2D eigenvalue weighted by Crippen LogP contribution is -2.35. The SMILES string of the molecule is COc1cc(N2CCC(O)CC2)ccc1Nc1nc(Nc2ccccc2S(=O)(=O)C(C)C)c2cc[nH]c2n1. The molecule has 4 aromatic rings. The number of aromatic nitrogens is 3. The molecule has 0 saturated carbocycles. The van der Waals surface area contributed by atoms with E-state index in [1.165, 1.54) is 0 Å². The van der Waals surface area contributed by atoms with Crippen molar-refractivity contribution in [3.8, 4) is 5.75 Å². The number of nitrogens with one attached hydrogen (secondary N) is 3. The summed E-state index contributed by atoms with van der Waals surface area (Å²) in [6.45, 7) is 4.90. The largest absolute Gasteiger partial charge is 0.494 e. The van der Waals surface area contributed by atoms with Crippen molar-refractivity contribution in [1.82, 2.24) is 15.0 Å². The topological polar surface area (TPSA) is 132 Å². The standard InChI is InChI=1S/C27H32N6O4S/c1-17(2)38(35,36)24-7-5-4-6-22(24)29-26-20-10-13-28-25(20)31-27(32-26)30-21-9-8-18(16-23(21)37-3)33-14-11-19(34)12-15-33/h4-10,13,16-17,19,34H,11-12,14-15H2,1-3H3,(H3,28,29,30,31,32). The second kappa shape index (κ2) is 10.5. The highest BCUT2D eigenvalue weighted by atomic mass is 32.2. The molecular weight excluding hydrogens is 504 g/mol. The van der Waals surface area contributed by atoms with Crippen LogP contribution in [-0.4, -0.2) is 60.0 Å². The molecule has 0 spiro atoms. The van der Waals surface area contributed by atoms with Crippen LogP contribution < -0.4 is 20.3 Å². The van der Waals surface area contributed by atoms with E-state index in [4.69, 9.17) is 4.74 Å². The van der Waals surface area contributed by atoms with Gasteiger partial charge in [0.2, 0.25) is 5.95 Å². The van der Waals surface area contributed by atoms with Gasteiger partial charge >= 0.3 is 0 Å². The first kappa shape index (κ1) is 25.8. The predicted octanol–water partition coefficient (Wildman–Crippen LogP) is 4.60. The van der Waals surface area contributed by atoms with Crippen LogP contribution in [0.5, 0.6) is 5.75 Å². The van der Waals surface area contributed by atoms with E-state index in [0.717, 1.165) is 37.0 Å². The minimum Gasteiger partial charge on any atom is -0.494 e. The van der Waals surface area contributed by atoms with Crippen molar-refractivity contribution in [2.24, 2.45) is 0 Å². The monoisotopic (exact) mass is 536 g/mol. The first-order valence-corrected chi connectivity index (χ1v) is 14.1. The minimum absolute atomic E-state index is 0.217. The summed E-state index contributed by atoms with van der Waals surface area (Å²) in [5.74, 6) is 1.41. The minimum atomic E-state index is -3.52. The average molecular weight is 537 g/mol. The number of piperidine rings is 1. The van der Waals surface area contributed by atoms with E-state index < -0.39 is 15.1 Å². The fourth-order valence-corrected chi connectivity index (χ4v) is 5.72. The first-order valence-electron chi connectivity index (χ1n) is 12.6. The van der Waals surface area contributed by atoms with Crippen LogP contribution in [0.15, 0.2) is 59.6 Å². The zero-order valence-electron chi connectivity index (χ0n) is 21.6. The van der Waals surface area contributed by atoms with Gasteiger partial charge in [0.05, 0.1) is 40.1 Å². The van der Waals surface area contributed by atoms with Gasteiger partial charge in [-0.1, -0.05) is 12.1 Å². The lowest BCUT2D eigenvalue weighted by molar-refractivity contribution is 0.145. The number of hydrogen-bond acceptors (Lipinski definition) is 9.